The summed E-state index contributed by atoms with van der Waals surface area (Å²) in [4.78, 5) is 0. The molecule has 2 saturated carbocycles. The SMILES string of the molecule is Cl[C@@]12O[C@]1(Cl)[C@H]1CC[C@@H]2C1. The minimum Gasteiger partial charge on any atom is -0.329 e. The van der Waals surface area contributed by atoms with Crippen molar-refractivity contribution in [3.05, 3.63) is 0 Å². The van der Waals surface area contributed by atoms with E-state index in [0.717, 1.165) is 0 Å². The molecule has 10 heavy (non-hydrogen) atoms. The molecule has 2 aliphatic carbocycles. The van der Waals surface area contributed by atoms with Gasteiger partial charge in [0.1, 0.15) is 0 Å². The molecule has 0 aromatic rings. The topological polar surface area (TPSA) is 12.5 Å². The minimum absolute atomic E-state index is 0.447. The molecular weight excluding hydrogens is 171 g/mol. The predicted molar refractivity (Wildman–Crippen MR) is 39.1 cm³/mol. The van der Waals surface area contributed by atoms with Gasteiger partial charge < -0.3 is 4.74 Å². The van der Waals surface area contributed by atoms with Gasteiger partial charge in [0.2, 0.25) is 0 Å². The van der Waals surface area contributed by atoms with Gasteiger partial charge in [-0.2, -0.15) is 0 Å². The Labute approximate surface area is 69.6 Å². The van der Waals surface area contributed by atoms with E-state index < -0.39 is 10.1 Å². The van der Waals surface area contributed by atoms with E-state index in [0.29, 0.717) is 11.8 Å². The molecular formula is C7H8Cl2O. The number of fused-ring (bicyclic) bond motifs is 5. The smallest absolute Gasteiger partial charge is 0.189 e. The molecule has 0 spiro atoms. The molecule has 1 nitrogen and oxygen atoms in total. The monoisotopic (exact) mass is 178 g/mol. The summed E-state index contributed by atoms with van der Waals surface area (Å²) in [6, 6.07) is 0. The van der Waals surface area contributed by atoms with Crippen LogP contribution in [0, 0.1) is 11.8 Å². The third-order valence-corrected chi connectivity index (χ3v) is 4.63. The second kappa shape index (κ2) is 1.37. The van der Waals surface area contributed by atoms with Crippen LogP contribution in [0.4, 0.5) is 0 Å². The van der Waals surface area contributed by atoms with Crippen LogP contribution in [0.2, 0.25) is 0 Å². The van der Waals surface area contributed by atoms with E-state index in [4.69, 9.17) is 27.9 Å². The molecule has 0 amide bonds. The Kier molecular flexibility index (Phi) is 0.835. The Hall–Kier alpha value is 0.540. The van der Waals surface area contributed by atoms with Gasteiger partial charge in [0.05, 0.1) is 0 Å². The lowest BCUT2D eigenvalue weighted by molar-refractivity contribution is 0.231. The van der Waals surface area contributed by atoms with Gasteiger partial charge in [-0.25, -0.2) is 0 Å². The van der Waals surface area contributed by atoms with Crippen LogP contribution in [-0.4, -0.2) is 10.1 Å². The van der Waals surface area contributed by atoms with Crippen LogP contribution >= 0.6 is 23.2 Å². The van der Waals surface area contributed by atoms with Gasteiger partial charge in [-0.15, -0.1) is 0 Å². The summed E-state index contributed by atoms with van der Waals surface area (Å²) in [6.45, 7) is 0. The molecule has 3 rings (SSSR count). The highest BCUT2D eigenvalue weighted by Crippen LogP contribution is 2.75. The van der Waals surface area contributed by atoms with Crippen molar-refractivity contribution in [2.45, 2.75) is 29.4 Å². The standard InChI is InChI=1S/C7H8Cl2O/c8-6-4-1-2-5(3-4)7(6,9)10-6/h4-5H,1-3H2/t4-,5+,6+,7-. The second-order valence-electron chi connectivity index (χ2n) is 3.60. The number of epoxide rings is 1. The molecule has 0 aromatic carbocycles. The maximum atomic E-state index is 6.13. The van der Waals surface area contributed by atoms with E-state index in [1.807, 2.05) is 0 Å². The summed E-state index contributed by atoms with van der Waals surface area (Å²) >= 11 is 12.3. The average Bonchev–Trinajstić information content (AvgIpc) is 2.25. The number of rotatable bonds is 0. The molecule has 0 N–H and O–H groups in total. The molecule has 56 valence electrons. The van der Waals surface area contributed by atoms with Crippen LogP contribution in [0.1, 0.15) is 19.3 Å². The van der Waals surface area contributed by atoms with Gasteiger partial charge in [0.15, 0.2) is 10.1 Å². The number of halogens is 2. The van der Waals surface area contributed by atoms with E-state index in [9.17, 15) is 0 Å². The van der Waals surface area contributed by atoms with Crippen molar-refractivity contribution in [2.75, 3.05) is 0 Å². The molecule has 0 radical (unpaired) electrons. The van der Waals surface area contributed by atoms with Crippen molar-refractivity contribution in [3.8, 4) is 0 Å². The first-order valence-corrected chi connectivity index (χ1v) is 4.50. The highest BCUT2D eigenvalue weighted by Gasteiger charge is 2.82. The summed E-state index contributed by atoms with van der Waals surface area (Å²) in [7, 11) is 0. The quantitative estimate of drug-likeness (QED) is 0.410. The second-order valence-corrected chi connectivity index (χ2v) is 4.72. The molecule has 0 unspecified atom stereocenters. The number of ether oxygens (including phenoxy) is 1. The fourth-order valence-corrected chi connectivity index (χ4v) is 3.56. The molecule has 3 heteroatoms. The molecule has 4 atom stereocenters. The van der Waals surface area contributed by atoms with Gasteiger partial charge in [-0.1, -0.05) is 23.2 Å². The van der Waals surface area contributed by atoms with Gasteiger partial charge in [-0.05, 0) is 19.3 Å². The Balaban J connectivity index is 2.08. The third-order valence-electron chi connectivity index (χ3n) is 3.20. The zero-order chi connectivity index (χ0) is 6.98. The minimum atomic E-state index is -0.447. The van der Waals surface area contributed by atoms with Crippen molar-refractivity contribution in [1.29, 1.82) is 0 Å². The van der Waals surface area contributed by atoms with Gasteiger partial charge in [0.25, 0.3) is 0 Å². The Morgan fingerprint density at radius 2 is 1.60 bits per heavy atom. The Morgan fingerprint density at radius 3 is 1.90 bits per heavy atom. The van der Waals surface area contributed by atoms with Crippen LogP contribution < -0.4 is 0 Å². The number of alkyl halides is 2. The summed E-state index contributed by atoms with van der Waals surface area (Å²) in [5.41, 5.74) is 0. The summed E-state index contributed by atoms with van der Waals surface area (Å²) in [5.74, 6) is 1.08. The fourth-order valence-electron chi connectivity index (χ4n) is 2.57. The summed E-state index contributed by atoms with van der Waals surface area (Å²) in [6.07, 6.45) is 3.61. The first kappa shape index (κ1) is 6.10. The maximum absolute atomic E-state index is 6.13. The third kappa shape index (κ3) is 0.407. The summed E-state index contributed by atoms with van der Waals surface area (Å²) in [5, 5.41) is -0.894. The van der Waals surface area contributed by atoms with Crippen molar-refractivity contribution in [3.63, 3.8) is 0 Å². The average molecular weight is 179 g/mol. The van der Waals surface area contributed by atoms with Crippen LogP contribution in [-0.2, 0) is 4.74 Å². The Bertz CT molecular complexity index is 188. The first-order chi connectivity index (χ1) is 4.67. The van der Waals surface area contributed by atoms with Crippen LogP contribution in [0.15, 0.2) is 0 Å². The largest absolute Gasteiger partial charge is 0.329 e. The lowest BCUT2D eigenvalue weighted by Crippen LogP contribution is -2.22. The van der Waals surface area contributed by atoms with E-state index in [1.54, 1.807) is 0 Å². The van der Waals surface area contributed by atoms with E-state index in [-0.39, 0.29) is 0 Å². The zero-order valence-electron chi connectivity index (χ0n) is 5.44. The summed E-state index contributed by atoms with van der Waals surface area (Å²) < 4.78 is 5.35. The van der Waals surface area contributed by atoms with Crippen LogP contribution in [0.5, 0.6) is 0 Å². The lowest BCUT2D eigenvalue weighted by Gasteiger charge is -2.13. The molecule has 3 fully saturated rings. The normalized spacial score (nSPS) is 70.2. The first-order valence-electron chi connectivity index (χ1n) is 3.75. The Morgan fingerprint density at radius 1 is 1.10 bits per heavy atom. The van der Waals surface area contributed by atoms with Crippen molar-refractivity contribution >= 4 is 23.2 Å². The lowest BCUT2D eigenvalue weighted by atomic mass is 10.00. The van der Waals surface area contributed by atoms with Gasteiger partial charge in [0, 0.05) is 11.8 Å². The van der Waals surface area contributed by atoms with Crippen molar-refractivity contribution in [1.82, 2.24) is 0 Å². The van der Waals surface area contributed by atoms with E-state index >= 15 is 0 Å². The van der Waals surface area contributed by atoms with Crippen molar-refractivity contribution in [2.24, 2.45) is 11.8 Å². The van der Waals surface area contributed by atoms with E-state index in [2.05, 4.69) is 0 Å². The molecule has 1 heterocycles. The highest BCUT2D eigenvalue weighted by molar-refractivity contribution is 6.37. The molecule has 1 aliphatic heterocycles. The van der Waals surface area contributed by atoms with Gasteiger partial charge in [-0.3, -0.25) is 0 Å². The molecule has 0 aromatic heterocycles. The molecule has 2 bridgehead atoms. The number of hydrogen-bond donors (Lipinski definition) is 0. The van der Waals surface area contributed by atoms with Crippen LogP contribution in [0.3, 0.4) is 0 Å². The van der Waals surface area contributed by atoms with E-state index in [1.165, 1.54) is 19.3 Å². The predicted octanol–water partition coefficient (Wildman–Crippen LogP) is 2.32. The maximum Gasteiger partial charge on any atom is 0.189 e. The fraction of sp³-hybridized carbons (Fsp3) is 1.00. The van der Waals surface area contributed by atoms with Gasteiger partial charge >= 0.3 is 0 Å². The van der Waals surface area contributed by atoms with Crippen molar-refractivity contribution < 1.29 is 4.74 Å². The molecule has 1 saturated heterocycles. The number of hydrogen-bond acceptors (Lipinski definition) is 1. The zero-order valence-corrected chi connectivity index (χ0v) is 6.95. The highest BCUT2D eigenvalue weighted by atomic mass is 35.5. The molecule has 3 aliphatic rings. The van der Waals surface area contributed by atoms with Crippen LogP contribution in [0.25, 0.3) is 0 Å².